The first-order chi connectivity index (χ1) is 13.7. The molecule has 0 aliphatic carbocycles. The van der Waals surface area contributed by atoms with Gasteiger partial charge in [-0.1, -0.05) is 0 Å². The fraction of sp³-hybridized carbons (Fsp3) is 0.650. The molecule has 3 aliphatic heterocycles. The van der Waals surface area contributed by atoms with Gasteiger partial charge in [-0.25, -0.2) is 4.98 Å². The van der Waals surface area contributed by atoms with Crippen molar-refractivity contribution < 1.29 is 23.8 Å². The number of methoxy groups -OCH3 is 1. The summed E-state index contributed by atoms with van der Waals surface area (Å²) in [6.45, 7) is 4.05. The highest BCUT2D eigenvalue weighted by Gasteiger charge is 2.39. The highest BCUT2D eigenvalue weighted by Crippen LogP contribution is 2.25. The quantitative estimate of drug-likeness (QED) is 0.761. The van der Waals surface area contributed by atoms with E-state index in [2.05, 4.69) is 4.98 Å². The normalized spacial score (nSPS) is 25.9. The second kappa shape index (κ2) is 8.45. The molecule has 1 aromatic heterocycles. The minimum Gasteiger partial charge on any atom is -0.481 e. The van der Waals surface area contributed by atoms with Gasteiger partial charge in [-0.05, 0) is 18.9 Å². The second-order valence-corrected chi connectivity index (χ2v) is 7.73. The first-order valence-electron chi connectivity index (χ1n) is 9.91. The van der Waals surface area contributed by atoms with Gasteiger partial charge >= 0.3 is 0 Å². The van der Waals surface area contributed by atoms with E-state index in [-0.39, 0.29) is 29.7 Å². The smallest absolute Gasteiger partial charge is 0.254 e. The first kappa shape index (κ1) is 19.1. The summed E-state index contributed by atoms with van der Waals surface area (Å²) < 4.78 is 16.4. The Balaban J connectivity index is 1.52. The van der Waals surface area contributed by atoms with E-state index >= 15 is 0 Å². The van der Waals surface area contributed by atoms with Crippen molar-refractivity contribution in [2.24, 2.45) is 11.8 Å². The van der Waals surface area contributed by atoms with Crippen molar-refractivity contribution in [2.75, 3.05) is 53.2 Å². The molecular weight excluding hydrogens is 362 g/mol. The van der Waals surface area contributed by atoms with Crippen molar-refractivity contribution in [3.63, 3.8) is 0 Å². The molecule has 4 rings (SSSR count). The molecule has 28 heavy (non-hydrogen) atoms. The summed E-state index contributed by atoms with van der Waals surface area (Å²) in [6.07, 6.45) is 3.13. The van der Waals surface area contributed by atoms with Crippen LogP contribution in [0.2, 0.25) is 0 Å². The molecule has 0 saturated carbocycles. The van der Waals surface area contributed by atoms with Crippen molar-refractivity contribution in [1.82, 2.24) is 14.8 Å². The summed E-state index contributed by atoms with van der Waals surface area (Å²) in [4.78, 5) is 34.2. The van der Waals surface area contributed by atoms with Crippen LogP contribution < -0.4 is 4.74 Å². The lowest BCUT2D eigenvalue weighted by Gasteiger charge is -2.34. The molecule has 2 bridgehead atoms. The average Bonchev–Trinajstić information content (AvgIpc) is 3.04. The lowest BCUT2D eigenvalue weighted by atomic mass is 9.98. The van der Waals surface area contributed by atoms with Gasteiger partial charge in [0.15, 0.2) is 0 Å². The van der Waals surface area contributed by atoms with E-state index in [0.717, 1.165) is 12.8 Å². The molecule has 0 radical (unpaired) electrons. The van der Waals surface area contributed by atoms with Crippen LogP contribution in [0.15, 0.2) is 18.3 Å². The van der Waals surface area contributed by atoms with Crippen LogP contribution in [-0.4, -0.2) is 85.8 Å². The number of ether oxygens (including phenoxy) is 3. The van der Waals surface area contributed by atoms with Crippen molar-refractivity contribution in [3.8, 4) is 5.88 Å². The van der Waals surface area contributed by atoms with E-state index < -0.39 is 0 Å². The first-order valence-corrected chi connectivity index (χ1v) is 9.91. The van der Waals surface area contributed by atoms with Crippen LogP contribution in [0.1, 0.15) is 23.2 Å². The summed E-state index contributed by atoms with van der Waals surface area (Å²) in [7, 11) is 1.53. The maximum absolute atomic E-state index is 13.2. The SMILES string of the molecule is COc1cc(C(=O)N2C[C@H]3COC[C@@H]2CN(C(=O)C2CCOCC2)C3)ccn1. The number of hydrogen-bond donors (Lipinski definition) is 0. The predicted octanol–water partition coefficient (Wildman–Crippen LogP) is 0.816. The van der Waals surface area contributed by atoms with Gasteiger partial charge < -0.3 is 24.0 Å². The van der Waals surface area contributed by atoms with Crippen LogP contribution in [0.3, 0.4) is 0 Å². The molecule has 0 unspecified atom stereocenters. The standard InChI is InChI=1S/C20H27N3O5/c1-26-18-8-16(2-5-21-18)20(25)23-10-14-9-22(11-17(23)13-28-12-14)19(24)15-3-6-27-7-4-15/h2,5,8,14-15,17H,3-4,6-7,9-13H2,1H3/t14-,17-/m0/s1. The zero-order chi connectivity index (χ0) is 19.5. The molecule has 8 nitrogen and oxygen atoms in total. The molecule has 0 N–H and O–H groups in total. The van der Waals surface area contributed by atoms with E-state index in [1.54, 1.807) is 18.3 Å². The van der Waals surface area contributed by atoms with E-state index in [0.29, 0.717) is 57.5 Å². The number of nitrogens with zero attached hydrogens (tertiary/aromatic N) is 3. The number of fused-ring (bicyclic) bond motifs is 3. The molecular formula is C20H27N3O5. The third-order valence-electron chi connectivity index (χ3n) is 5.80. The van der Waals surface area contributed by atoms with Crippen molar-refractivity contribution in [2.45, 2.75) is 18.9 Å². The molecule has 152 valence electrons. The largest absolute Gasteiger partial charge is 0.481 e. The zero-order valence-electron chi connectivity index (χ0n) is 16.2. The van der Waals surface area contributed by atoms with Crippen molar-refractivity contribution >= 4 is 11.8 Å². The number of hydrogen-bond acceptors (Lipinski definition) is 6. The molecule has 4 heterocycles. The Bertz CT molecular complexity index is 722. The lowest BCUT2D eigenvalue weighted by molar-refractivity contribution is -0.140. The topological polar surface area (TPSA) is 81.2 Å². The van der Waals surface area contributed by atoms with Crippen LogP contribution in [0.5, 0.6) is 5.88 Å². The average molecular weight is 389 g/mol. The van der Waals surface area contributed by atoms with E-state index in [1.165, 1.54) is 7.11 Å². The number of aromatic nitrogens is 1. The maximum atomic E-state index is 13.2. The van der Waals surface area contributed by atoms with Crippen molar-refractivity contribution in [1.29, 1.82) is 0 Å². The third-order valence-corrected chi connectivity index (χ3v) is 5.80. The van der Waals surface area contributed by atoms with Crippen LogP contribution in [-0.2, 0) is 14.3 Å². The monoisotopic (exact) mass is 389 g/mol. The number of carbonyl (C=O) groups is 2. The molecule has 8 heteroatoms. The summed E-state index contributed by atoms with van der Waals surface area (Å²) in [6, 6.07) is 3.21. The van der Waals surface area contributed by atoms with Gasteiger partial charge in [0.1, 0.15) is 0 Å². The zero-order valence-corrected chi connectivity index (χ0v) is 16.2. The van der Waals surface area contributed by atoms with Gasteiger partial charge in [0, 0.05) is 62.5 Å². The highest BCUT2D eigenvalue weighted by atomic mass is 16.5. The van der Waals surface area contributed by atoms with Crippen LogP contribution >= 0.6 is 0 Å². The third kappa shape index (κ3) is 3.98. The molecule has 1 aromatic rings. The second-order valence-electron chi connectivity index (χ2n) is 7.73. The molecule has 2 amide bonds. The van der Waals surface area contributed by atoms with Crippen LogP contribution in [0.4, 0.5) is 0 Å². The van der Waals surface area contributed by atoms with Crippen molar-refractivity contribution in [3.05, 3.63) is 23.9 Å². The number of amides is 2. The molecule has 3 aliphatic rings. The Kier molecular flexibility index (Phi) is 5.77. The number of carbonyl (C=O) groups excluding carboxylic acids is 2. The van der Waals surface area contributed by atoms with Gasteiger partial charge in [-0.2, -0.15) is 0 Å². The van der Waals surface area contributed by atoms with E-state index in [9.17, 15) is 9.59 Å². The Morgan fingerprint density at radius 3 is 2.75 bits per heavy atom. The van der Waals surface area contributed by atoms with Gasteiger partial charge in [-0.3, -0.25) is 9.59 Å². The Labute approximate surface area is 164 Å². The van der Waals surface area contributed by atoms with Crippen LogP contribution in [0, 0.1) is 11.8 Å². The molecule has 2 atom stereocenters. The molecule has 0 aromatic carbocycles. The minimum atomic E-state index is -0.150. The van der Waals surface area contributed by atoms with Gasteiger partial charge in [0.2, 0.25) is 11.8 Å². The Morgan fingerprint density at radius 1 is 1.14 bits per heavy atom. The van der Waals surface area contributed by atoms with Crippen LogP contribution in [0.25, 0.3) is 0 Å². The number of pyridine rings is 1. The summed E-state index contributed by atoms with van der Waals surface area (Å²) in [5.74, 6) is 0.684. The summed E-state index contributed by atoms with van der Waals surface area (Å²) in [5.41, 5.74) is 0.543. The predicted molar refractivity (Wildman–Crippen MR) is 100 cm³/mol. The maximum Gasteiger partial charge on any atom is 0.254 e. The fourth-order valence-corrected chi connectivity index (χ4v) is 4.29. The van der Waals surface area contributed by atoms with E-state index in [1.807, 2.05) is 9.80 Å². The Morgan fingerprint density at radius 2 is 1.96 bits per heavy atom. The summed E-state index contributed by atoms with van der Waals surface area (Å²) >= 11 is 0. The number of rotatable bonds is 3. The lowest BCUT2D eigenvalue weighted by Crippen LogP contribution is -2.49. The Hall–Kier alpha value is -2.19. The summed E-state index contributed by atoms with van der Waals surface area (Å²) in [5, 5.41) is 0. The molecule has 3 saturated heterocycles. The fourth-order valence-electron chi connectivity index (χ4n) is 4.29. The highest BCUT2D eigenvalue weighted by molar-refractivity contribution is 5.94. The molecule has 3 fully saturated rings. The van der Waals surface area contributed by atoms with Gasteiger partial charge in [0.05, 0.1) is 26.4 Å². The van der Waals surface area contributed by atoms with Gasteiger partial charge in [-0.15, -0.1) is 0 Å². The minimum absolute atomic E-state index is 0.0297. The molecule has 0 spiro atoms. The van der Waals surface area contributed by atoms with E-state index in [4.69, 9.17) is 14.2 Å². The van der Waals surface area contributed by atoms with Gasteiger partial charge in [0.25, 0.3) is 5.91 Å².